The first kappa shape index (κ1) is 23.0. The van der Waals surface area contributed by atoms with Crippen molar-refractivity contribution in [1.82, 2.24) is 14.8 Å². The highest BCUT2D eigenvalue weighted by atomic mass is 32.2. The fourth-order valence-electron chi connectivity index (χ4n) is 2.78. The van der Waals surface area contributed by atoms with Crippen LogP contribution in [0.3, 0.4) is 0 Å². The number of hydrogen-bond donors (Lipinski definition) is 2. The maximum atomic E-state index is 11.2. The van der Waals surface area contributed by atoms with Crippen LogP contribution < -0.4 is 15.1 Å². The molecule has 1 unspecified atom stereocenters. The minimum absolute atomic E-state index is 0.182. The van der Waals surface area contributed by atoms with Crippen LogP contribution in [0.5, 0.6) is 5.75 Å². The quantitative estimate of drug-likeness (QED) is 0.526. The van der Waals surface area contributed by atoms with Gasteiger partial charge in [-0.05, 0) is 54.3 Å². The van der Waals surface area contributed by atoms with Gasteiger partial charge in [0.2, 0.25) is 0 Å². The molecule has 0 amide bonds. The molecule has 11 nitrogen and oxygen atoms in total. The van der Waals surface area contributed by atoms with Crippen LogP contribution in [0.15, 0.2) is 49.1 Å². The predicted molar refractivity (Wildman–Crippen MR) is 107 cm³/mol. The fourth-order valence-corrected chi connectivity index (χ4v) is 3.22. The molecule has 0 fully saturated rings. The maximum Gasteiger partial charge on any atom is 0.425 e. The molecular formula is C17H19N5O6S2. The van der Waals surface area contributed by atoms with E-state index in [1.807, 2.05) is 31.2 Å². The third-order valence-corrected chi connectivity index (χ3v) is 4.44. The lowest BCUT2D eigenvalue weighted by Gasteiger charge is -2.20. The Labute approximate surface area is 174 Å². The van der Waals surface area contributed by atoms with Gasteiger partial charge in [0.15, 0.2) is 0 Å². The summed E-state index contributed by atoms with van der Waals surface area (Å²) in [5.74, 6) is 0.182. The van der Waals surface area contributed by atoms with Crippen LogP contribution in [-0.4, -0.2) is 35.8 Å². The highest BCUT2D eigenvalue weighted by molar-refractivity contribution is 7.84. The van der Waals surface area contributed by atoms with Gasteiger partial charge in [-0.25, -0.2) is 9.67 Å². The van der Waals surface area contributed by atoms with Gasteiger partial charge in [0.25, 0.3) is 0 Å². The zero-order valence-corrected chi connectivity index (χ0v) is 17.6. The van der Waals surface area contributed by atoms with Gasteiger partial charge in [0.05, 0.1) is 0 Å². The summed E-state index contributed by atoms with van der Waals surface area (Å²) in [4.78, 5) is 4.03. The summed E-state index contributed by atoms with van der Waals surface area (Å²) in [7, 11) is -7.19. The summed E-state index contributed by atoms with van der Waals surface area (Å²) in [6, 6.07) is 10.7. The molecule has 0 aliphatic carbocycles. The standard InChI is InChI=1S/C17H19N5O3S.O3S/c1-11-7-13(3-5-15(11)18)17(22-10-20-9-21-22)14-4-6-16(12(2)8-14)25-26(19,23)24;1-4(2)3/h3-10,17H,18H2,1-2H3,(H2,19,23,24);. The topological polar surface area (TPSA) is 177 Å². The second-order valence-electron chi connectivity index (χ2n) is 6.20. The fraction of sp³-hybridized carbons (Fsp3) is 0.176. The molecule has 1 heterocycles. The molecule has 0 spiro atoms. The SMILES string of the molecule is Cc1cc(C(c2ccc(OS(N)(=O)=O)c(C)c2)n2cncn2)ccc1N.O=S(=O)=O. The lowest BCUT2D eigenvalue weighted by atomic mass is 9.95. The van der Waals surface area contributed by atoms with Crippen molar-refractivity contribution in [3.8, 4) is 5.75 Å². The summed E-state index contributed by atoms with van der Waals surface area (Å²) in [6.07, 6.45) is 3.09. The Morgan fingerprint density at radius 3 is 2.07 bits per heavy atom. The van der Waals surface area contributed by atoms with E-state index in [9.17, 15) is 8.42 Å². The molecule has 0 radical (unpaired) electrons. The normalized spacial score (nSPS) is 11.8. The summed E-state index contributed by atoms with van der Waals surface area (Å²) in [5.41, 5.74) is 10.1. The van der Waals surface area contributed by atoms with Gasteiger partial charge in [0.1, 0.15) is 24.4 Å². The first-order valence-corrected chi connectivity index (χ1v) is 10.7. The predicted octanol–water partition coefficient (Wildman–Crippen LogP) is 0.693. The summed E-state index contributed by atoms with van der Waals surface area (Å²) >= 11 is 0. The van der Waals surface area contributed by atoms with Gasteiger partial charge in [-0.3, -0.25) is 0 Å². The minimum atomic E-state index is -4.08. The van der Waals surface area contributed by atoms with Crippen molar-refractivity contribution in [2.75, 3.05) is 5.73 Å². The molecule has 4 N–H and O–H groups in total. The third-order valence-electron chi connectivity index (χ3n) is 4.03. The van der Waals surface area contributed by atoms with Gasteiger partial charge < -0.3 is 9.92 Å². The average Bonchev–Trinajstić information content (AvgIpc) is 3.13. The van der Waals surface area contributed by atoms with Crippen LogP contribution in [0, 0.1) is 13.8 Å². The van der Waals surface area contributed by atoms with E-state index in [1.54, 1.807) is 30.1 Å². The van der Waals surface area contributed by atoms with Crippen molar-refractivity contribution in [2.45, 2.75) is 19.9 Å². The average molecular weight is 454 g/mol. The van der Waals surface area contributed by atoms with E-state index in [0.29, 0.717) is 11.3 Å². The summed E-state index contributed by atoms with van der Waals surface area (Å²) in [5, 5.41) is 9.21. The highest BCUT2D eigenvalue weighted by Gasteiger charge is 2.19. The van der Waals surface area contributed by atoms with Crippen LogP contribution >= 0.6 is 0 Å². The van der Waals surface area contributed by atoms with Crippen LogP contribution in [0.2, 0.25) is 0 Å². The second kappa shape index (κ2) is 9.47. The highest BCUT2D eigenvalue weighted by Crippen LogP contribution is 2.31. The molecular weight excluding hydrogens is 434 g/mol. The van der Waals surface area contributed by atoms with E-state index in [-0.39, 0.29) is 11.8 Å². The van der Waals surface area contributed by atoms with E-state index in [0.717, 1.165) is 16.7 Å². The number of anilines is 1. The Kier molecular flexibility index (Phi) is 7.26. The van der Waals surface area contributed by atoms with E-state index in [2.05, 4.69) is 10.1 Å². The zero-order valence-electron chi connectivity index (χ0n) is 16.0. The molecule has 2 aromatic carbocycles. The summed E-state index contributed by atoms with van der Waals surface area (Å²) < 4.78 is 54.2. The zero-order chi connectivity index (χ0) is 22.5. The second-order valence-corrected chi connectivity index (χ2v) is 7.76. The largest absolute Gasteiger partial charge is 0.425 e. The Balaban J connectivity index is 0.000000735. The molecule has 1 atom stereocenters. The van der Waals surface area contributed by atoms with E-state index < -0.39 is 20.9 Å². The van der Waals surface area contributed by atoms with Crippen molar-refractivity contribution in [1.29, 1.82) is 0 Å². The molecule has 1 aromatic heterocycles. The molecule has 0 aliphatic rings. The van der Waals surface area contributed by atoms with Crippen molar-refractivity contribution < 1.29 is 25.2 Å². The Hall–Kier alpha value is -3.29. The van der Waals surface area contributed by atoms with E-state index in [1.165, 1.54) is 6.33 Å². The van der Waals surface area contributed by atoms with Gasteiger partial charge in [-0.2, -0.15) is 18.7 Å². The number of benzene rings is 2. The van der Waals surface area contributed by atoms with Crippen molar-refractivity contribution in [2.24, 2.45) is 5.14 Å². The van der Waals surface area contributed by atoms with Gasteiger partial charge in [0, 0.05) is 5.69 Å². The smallest absolute Gasteiger partial charge is 0.399 e. The Bertz CT molecular complexity index is 1240. The molecule has 13 heteroatoms. The molecule has 3 aromatic rings. The lowest BCUT2D eigenvalue weighted by Crippen LogP contribution is -2.19. The van der Waals surface area contributed by atoms with Crippen LogP contribution in [0.25, 0.3) is 0 Å². The molecule has 160 valence electrons. The number of aryl methyl sites for hydroxylation is 2. The van der Waals surface area contributed by atoms with Crippen LogP contribution in [-0.2, 0) is 20.9 Å². The van der Waals surface area contributed by atoms with E-state index >= 15 is 0 Å². The first-order valence-electron chi connectivity index (χ1n) is 8.27. The molecule has 0 bridgehead atoms. The number of rotatable bonds is 5. The molecule has 3 rings (SSSR count). The van der Waals surface area contributed by atoms with Crippen molar-refractivity contribution >= 4 is 26.6 Å². The van der Waals surface area contributed by atoms with Gasteiger partial charge in [-0.1, -0.05) is 18.2 Å². The number of nitrogens with zero attached hydrogens (tertiary/aromatic N) is 3. The molecule has 0 saturated heterocycles. The monoisotopic (exact) mass is 453 g/mol. The van der Waals surface area contributed by atoms with Gasteiger partial charge >= 0.3 is 20.9 Å². The third kappa shape index (κ3) is 6.37. The maximum absolute atomic E-state index is 11.2. The number of nitrogens with two attached hydrogens (primary N) is 2. The molecule has 0 saturated carbocycles. The first-order chi connectivity index (χ1) is 14.0. The minimum Gasteiger partial charge on any atom is -0.399 e. The van der Waals surface area contributed by atoms with Gasteiger partial charge in [-0.15, -0.1) is 12.6 Å². The Morgan fingerprint density at radius 2 is 1.60 bits per heavy atom. The molecule has 0 aliphatic heterocycles. The van der Waals surface area contributed by atoms with Crippen LogP contribution in [0.4, 0.5) is 5.69 Å². The molecule has 30 heavy (non-hydrogen) atoms. The number of nitrogen functional groups attached to an aromatic ring is 1. The lowest BCUT2D eigenvalue weighted by molar-refractivity contribution is 0.485. The van der Waals surface area contributed by atoms with E-state index in [4.69, 9.17) is 27.7 Å². The number of aromatic nitrogens is 3. The van der Waals surface area contributed by atoms with Crippen molar-refractivity contribution in [3.05, 3.63) is 71.3 Å². The Morgan fingerprint density at radius 1 is 1.03 bits per heavy atom. The summed E-state index contributed by atoms with van der Waals surface area (Å²) in [6.45, 7) is 3.68. The number of hydrogen-bond acceptors (Lipinski definition) is 9. The van der Waals surface area contributed by atoms with Crippen molar-refractivity contribution in [3.63, 3.8) is 0 Å². The van der Waals surface area contributed by atoms with Crippen LogP contribution in [0.1, 0.15) is 28.3 Å².